The Bertz CT molecular complexity index is 658. The Kier molecular flexibility index (Phi) is 4.53. The number of hydrogen-bond donors (Lipinski definition) is 3. The maximum atomic E-state index is 12.1. The number of hydrazine groups is 1. The molecule has 21 heavy (non-hydrogen) atoms. The number of furan rings is 1. The number of aryl methyl sites for hydroxylation is 1. The number of rotatable bonds is 4. The van der Waals surface area contributed by atoms with E-state index in [4.69, 9.17) is 10.3 Å². The molecule has 1 aromatic heterocycles. The fourth-order valence-corrected chi connectivity index (χ4v) is 1.65. The van der Waals surface area contributed by atoms with Crippen molar-refractivity contribution in [1.82, 2.24) is 10.7 Å². The zero-order valence-electron chi connectivity index (χ0n) is 11.4. The van der Waals surface area contributed by atoms with Crippen molar-refractivity contribution in [2.75, 3.05) is 0 Å². The van der Waals surface area contributed by atoms with Gasteiger partial charge in [0, 0.05) is 11.6 Å². The molecule has 0 bridgehead atoms. The number of carbonyl (C=O) groups excluding carboxylic acids is 2. The number of nitrogens with one attached hydrogen (secondary N) is 2. The fraction of sp³-hybridized carbons (Fsp3) is 0.0667. The Morgan fingerprint density at radius 1 is 1.19 bits per heavy atom. The Balaban J connectivity index is 2.21. The van der Waals surface area contributed by atoms with E-state index < -0.39 is 11.8 Å². The highest BCUT2D eigenvalue weighted by atomic mass is 16.3. The van der Waals surface area contributed by atoms with Gasteiger partial charge in [0.1, 0.15) is 11.5 Å². The summed E-state index contributed by atoms with van der Waals surface area (Å²) in [6, 6.07) is 10.3. The summed E-state index contributed by atoms with van der Waals surface area (Å²) >= 11 is 0. The second kappa shape index (κ2) is 6.53. The molecule has 0 unspecified atom stereocenters. The quantitative estimate of drug-likeness (QED) is 0.342. The summed E-state index contributed by atoms with van der Waals surface area (Å²) in [5, 5.41) is 2.51. The number of hydrogen-bond acceptors (Lipinski definition) is 4. The molecule has 1 heterocycles. The van der Waals surface area contributed by atoms with Gasteiger partial charge in [0.2, 0.25) is 0 Å². The van der Waals surface area contributed by atoms with Gasteiger partial charge in [-0.3, -0.25) is 15.0 Å². The molecule has 2 rings (SSSR count). The van der Waals surface area contributed by atoms with Crippen molar-refractivity contribution in [2.45, 2.75) is 6.92 Å². The van der Waals surface area contributed by atoms with Crippen molar-refractivity contribution in [2.24, 2.45) is 5.84 Å². The molecule has 0 saturated carbocycles. The monoisotopic (exact) mass is 285 g/mol. The third-order valence-corrected chi connectivity index (χ3v) is 2.77. The second-order valence-electron chi connectivity index (χ2n) is 4.37. The average molecular weight is 285 g/mol. The minimum absolute atomic E-state index is 0.00183. The maximum absolute atomic E-state index is 12.1. The summed E-state index contributed by atoms with van der Waals surface area (Å²) in [4.78, 5) is 23.8. The lowest BCUT2D eigenvalue weighted by Gasteiger charge is -2.08. The van der Waals surface area contributed by atoms with Crippen molar-refractivity contribution in [3.63, 3.8) is 0 Å². The highest BCUT2D eigenvalue weighted by Gasteiger charge is 2.14. The van der Waals surface area contributed by atoms with E-state index in [2.05, 4.69) is 5.32 Å². The van der Waals surface area contributed by atoms with Crippen LogP contribution in [0.1, 0.15) is 21.7 Å². The number of carbonyl (C=O) groups is 2. The molecule has 2 aromatic rings. The van der Waals surface area contributed by atoms with E-state index in [9.17, 15) is 9.59 Å². The molecule has 1 aromatic carbocycles. The third kappa shape index (κ3) is 3.80. The summed E-state index contributed by atoms with van der Waals surface area (Å²) in [5.41, 5.74) is 3.46. The molecule has 4 N–H and O–H groups in total. The molecule has 0 aliphatic carbocycles. The van der Waals surface area contributed by atoms with Crippen LogP contribution in [0.5, 0.6) is 0 Å². The van der Waals surface area contributed by atoms with Gasteiger partial charge in [-0.1, -0.05) is 17.7 Å². The van der Waals surface area contributed by atoms with E-state index in [0.717, 1.165) is 5.56 Å². The van der Waals surface area contributed by atoms with Crippen LogP contribution < -0.4 is 16.6 Å². The Hall–Kier alpha value is -2.86. The first-order chi connectivity index (χ1) is 10.1. The molecule has 0 saturated heterocycles. The van der Waals surface area contributed by atoms with Crippen molar-refractivity contribution in [3.8, 4) is 0 Å². The van der Waals surface area contributed by atoms with Gasteiger partial charge in [-0.05, 0) is 31.2 Å². The zero-order valence-corrected chi connectivity index (χ0v) is 11.4. The molecule has 0 radical (unpaired) electrons. The third-order valence-electron chi connectivity index (χ3n) is 2.77. The van der Waals surface area contributed by atoms with Gasteiger partial charge in [-0.2, -0.15) is 0 Å². The summed E-state index contributed by atoms with van der Waals surface area (Å²) < 4.78 is 5.11. The Morgan fingerprint density at radius 3 is 2.48 bits per heavy atom. The largest absolute Gasteiger partial charge is 0.465 e. The molecular weight excluding hydrogens is 270 g/mol. The van der Waals surface area contributed by atoms with Crippen molar-refractivity contribution in [1.29, 1.82) is 0 Å². The van der Waals surface area contributed by atoms with Crippen molar-refractivity contribution < 1.29 is 14.0 Å². The first kappa shape index (κ1) is 14.5. The maximum Gasteiger partial charge on any atom is 0.281 e. The number of benzene rings is 1. The Labute approximate surface area is 121 Å². The van der Waals surface area contributed by atoms with Crippen molar-refractivity contribution >= 4 is 17.9 Å². The molecule has 0 fully saturated rings. The van der Waals surface area contributed by atoms with E-state index in [-0.39, 0.29) is 5.70 Å². The van der Waals surface area contributed by atoms with Gasteiger partial charge in [0.05, 0.1) is 6.26 Å². The molecule has 0 spiro atoms. The molecule has 2 amide bonds. The van der Waals surface area contributed by atoms with Gasteiger partial charge >= 0.3 is 0 Å². The lowest BCUT2D eigenvalue weighted by molar-refractivity contribution is -0.117. The van der Waals surface area contributed by atoms with E-state index in [1.54, 1.807) is 24.3 Å². The molecule has 108 valence electrons. The summed E-state index contributed by atoms with van der Waals surface area (Å²) in [6.45, 7) is 1.92. The zero-order chi connectivity index (χ0) is 15.2. The van der Waals surface area contributed by atoms with Crippen LogP contribution in [0.15, 0.2) is 52.8 Å². The molecule has 0 atom stereocenters. The lowest BCUT2D eigenvalue weighted by atomic mass is 10.1. The van der Waals surface area contributed by atoms with Crippen LogP contribution in [-0.2, 0) is 4.79 Å². The van der Waals surface area contributed by atoms with Gasteiger partial charge in [0.25, 0.3) is 11.8 Å². The highest BCUT2D eigenvalue weighted by Crippen LogP contribution is 2.08. The first-order valence-electron chi connectivity index (χ1n) is 6.24. The molecule has 6 heteroatoms. The van der Waals surface area contributed by atoms with Crippen LogP contribution in [0.25, 0.3) is 6.08 Å². The van der Waals surface area contributed by atoms with E-state index >= 15 is 0 Å². The predicted octanol–water partition coefficient (Wildman–Crippen LogP) is 1.35. The highest BCUT2D eigenvalue weighted by molar-refractivity contribution is 6.04. The standard InChI is InChI=1S/C15H15N3O3/c1-10-4-6-11(7-5-10)14(19)17-13(15(20)18-16)9-12-3-2-8-21-12/h2-9H,16H2,1H3,(H,17,19)(H,18,20). The SMILES string of the molecule is Cc1ccc(C(=O)NC(=Cc2ccco2)C(=O)NN)cc1. The number of nitrogens with two attached hydrogens (primary N) is 1. The smallest absolute Gasteiger partial charge is 0.281 e. The van der Waals surface area contributed by atoms with Gasteiger partial charge in [0.15, 0.2) is 0 Å². The van der Waals surface area contributed by atoms with E-state index in [0.29, 0.717) is 11.3 Å². The fourth-order valence-electron chi connectivity index (χ4n) is 1.65. The van der Waals surface area contributed by atoms with Gasteiger partial charge in [-0.25, -0.2) is 5.84 Å². The van der Waals surface area contributed by atoms with E-state index in [1.807, 2.05) is 24.5 Å². The normalized spacial score (nSPS) is 11.0. The van der Waals surface area contributed by atoms with E-state index in [1.165, 1.54) is 12.3 Å². The van der Waals surface area contributed by atoms with Gasteiger partial charge < -0.3 is 9.73 Å². The average Bonchev–Trinajstić information content (AvgIpc) is 2.99. The molecule has 6 nitrogen and oxygen atoms in total. The predicted molar refractivity (Wildman–Crippen MR) is 77.7 cm³/mol. The summed E-state index contributed by atoms with van der Waals surface area (Å²) in [6.07, 6.45) is 2.86. The lowest BCUT2D eigenvalue weighted by Crippen LogP contribution is -2.38. The topological polar surface area (TPSA) is 97.4 Å². The minimum atomic E-state index is -0.619. The van der Waals surface area contributed by atoms with Crippen LogP contribution in [0.4, 0.5) is 0 Å². The van der Waals surface area contributed by atoms with Crippen LogP contribution in [0.2, 0.25) is 0 Å². The summed E-state index contributed by atoms with van der Waals surface area (Å²) in [7, 11) is 0. The summed E-state index contributed by atoms with van der Waals surface area (Å²) in [5.74, 6) is 4.52. The molecular formula is C15H15N3O3. The Morgan fingerprint density at radius 2 is 1.90 bits per heavy atom. The number of amides is 2. The first-order valence-corrected chi connectivity index (χ1v) is 6.24. The second-order valence-corrected chi connectivity index (χ2v) is 4.37. The minimum Gasteiger partial charge on any atom is -0.465 e. The van der Waals surface area contributed by atoms with Gasteiger partial charge in [-0.15, -0.1) is 0 Å². The van der Waals surface area contributed by atoms with Crippen LogP contribution >= 0.6 is 0 Å². The van der Waals surface area contributed by atoms with Crippen LogP contribution in [0, 0.1) is 6.92 Å². The van der Waals surface area contributed by atoms with Crippen molar-refractivity contribution in [3.05, 3.63) is 65.2 Å². The van der Waals surface area contributed by atoms with Crippen LogP contribution in [0.3, 0.4) is 0 Å². The molecule has 0 aliphatic heterocycles. The molecule has 0 aliphatic rings. The van der Waals surface area contributed by atoms with Crippen LogP contribution in [-0.4, -0.2) is 11.8 Å².